The molecule has 2 aliphatic rings. The largest absolute Gasteiger partial charge is 0.486 e. The summed E-state index contributed by atoms with van der Waals surface area (Å²) in [5.74, 6) is 0.655. The Balaban J connectivity index is 0.000000136. The molecular weight excluding hydrogens is 374 g/mol. The number of halogens is 3. The maximum Gasteiger partial charge on any atom is 0.198 e. The first-order valence-electron chi connectivity index (χ1n) is 6.94. The molecule has 0 saturated carbocycles. The Morgan fingerprint density at radius 2 is 1.35 bits per heavy atom. The van der Waals surface area contributed by atoms with Gasteiger partial charge in [-0.3, -0.25) is 0 Å². The van der Waals surface area contributed by atoms with Gasteiger partial charge < -0.3 is 18.9 Å². The molecule has 4 rings (SSSR count). The molecular formula is C16H13BrF2O4. The second kappa shape index (κ2) is 7.04. The molecule has 4 nitrogen and oxygen atoms in total. The zero-order chi connectivity index (χ0) is 16.2. The lowest BCUT2D eigenvalue weighted by molar-refractivity contribution is 0.164. The molecule has 122 valence electrons. The zero-order valence-electron chi connectivity index (χ0n) is 12.0. The van der Waals surface area contributed by atoms with E-state index in [1.165, 1.54) is 6.07 Å². The SMILES string of the molecule is Fc1c(Br)ccc2c1OCCO2.Fc1cccc2c1OCCO2. The maximum absolute atomic E-state index is 13.2. The summed E-state index contributed by atoms with van der Waals surface area (Å²) in [7, 11) is 0. The van der Waals surface area contributed by atoms with Crippen LogP contribution in [0.5, 0.6) is 23.0 Å². The van der Waals surface area contributed by atoms with Crippen molar-refractivity contribution in [2.75, 3.05) is 26.4 Å². The lowest BCUT2D eigenvalue weighted by Gasteiger charge is -2.18. The highest BCUT2D eigenvalue weighted by Gasteiger charge is 2.18. The van der Waals surface area contributed by atoms with E-state index in [9.17, 15) is 8.78 Å². The molecule has 0 unspecified atom stereocenters. The summed E-state index contributed by atoms with van der Waals surface area (Å²) < 4.78 is 47.0. The van der Waals surface area contributed by atoms with E-state index in [4.69, 9.17) is 18.9 Å². The number of hydrogen-bond donors (Lipinski definition) is 0. The van der Waals surface area contributed by atoms with Crippen molar-refractivity contribution >= 4 is 15.9 Å². The molecule has 23 heavy (non-hydrogen) atoms. The van der Waals surface area contributed by atoms with Crippen LogP contribution in [0.4, 0.5) is 8.78 Å². The highest BCUT2D eigenvalue weighted by molar-refractivity contribution is 9.10. The topological polar surface area (TPSA) is 36.9 Å². The third-order valence-electron chi connectivity index (χ3n) is 3.12. The van der Waals surface area contributed by atoms with Crippen molar-refractivity contribution in [3.05, 3.63) is 46.4 Å². The van der Waals surface area contributed by atoms with Crippen LogP contribution in [-0.2, 0) is 0 Å². The molecule has 0 radical (unpaired) electrons. The van der Waals surface area contributed by atoms with Gasteiger partial charge in [-0.1, -0.05) is 6.07 Å². The third-order valence-corrected chi connectivity index (χ3v) is 3.73. The van der Waals surface area contributed by atoms with Gasteiger partial charge in [0.15, 0.2) is 34.6 Å². The molecule has 0 spiro atoms. The summed E-state index contributed by atoms with van der Waals surface area (Å²) in [6, 6.07) is 7.93. The number of hydrogen-bond acceptors (Lipinski definition) is 4. The minimum atomic E-state index is -0.396. The first kappa shape index (κ1) is 15.9. The summed E-state index contributed by atoms with van der Waals surface area (Å²) in [6.45, 7) is 1.80. The Hall–Kier alpha value is -2.02. The van der Waals surface area contributed by atoms with E-state index in [-0.39, 0.29) is 17.3 Å². The van der Waals surface area contributed by atoms with Gasteiger partial charge in [-0.25, -0.2) is 8.78 Å². The molecule has 0 atom stereocenters. The number of benzene rings is 2. The monoisotopic (exact) mass is 386 g/mol. The second-order valence-corrected chi connectivity index (χ2v) is 5.50. The third kappa shape index (κ3) is 3.50. The van der Waals surface area contributed by atoms with Gasteiger partial charge >= 0.3 is 0 Å². The molecule has 0 bridgehead atoms. The van der Waals surface area contributed by atoms with Crippen LogP contribution < -0.4 is 18.9 Å². The van der Waals surface area contributed by atoms with Crippen LogP contribution in [0.25, 0.3) is 0 Å². The highest BCUT2D eigenvalue weighted by atomic mass is 79.9. The average molecular weight is 387 g/mol. The lowest BCUT2D eigenvalue weighted by Crippen LogP contribution is -2.16. The number of fused-ring (bicyclic) bond motifs is 2. The minimum Gasteiger partial charge on any atom is -0.486 e. The van der Waals surface area contributed by atoms with Gasteiger partial charge in [-0.2, -0.15) is 0 Å². The van der Waals surface area contributed by atoms with Crippen LogP contribution in [-0.4, -0.2) is 26.4 Å². The van der Waals surface area contributed by atoms with E-state index in [0.29, 0.717) is 42.4 Å². The van der Waals surface area contributed by atoms with Crippen molar-refractivity contribution in [2.45, 2.75) is 0 Å². The van der Waals surface area contributed by atoms with Crippen molar-refractivity contribution in [1.29, 1.82) is 0 Å². The Labute approximate surface area is 140 Å². The van der Waals surface area contributed by atoms with Gasteiger partial charge in [0.1, 0.15) is 26.4 Å². The van der Waals surface area contributed by atoms with Crippen molar-refractivity contribution in [3.8, 4) is 23.0 Å². The molecule has 0 aromatic heterocycles. The summed E-state index contributed by atoms with van der Waals surface area (Å²) >= 11 is 3.06. The van der Waals surface area contributed by atoms with Gasteiger partial charge in [-0.15, -0.1) is 0 Å². The zero-order valence-corrected chi connectivity index (χ0v) is 13.6. The van der Waals surface area contributed by atoms with Gasteiger partial charge in [-0.05, 0) is 40.2 Å². The van der Waals surface area contributed by atoms with Crippen LogP contribution in [0.15, 0.2) is 34.8 Å². The maximum atomic E-state index is 13.2. The van der Waals surface area contributed by atoms with Crippen LogP contribution >= 0.6 is 15.9 Å². The first-order valence-corrected chi connectivity index (χ1v) is 7.74. The van der Waals surface area contributed by atoms with E-state index in [1.54, 1.807) is 24.3 Å². The van der Waals surface area contributed by atoms with E-state index in [0.717, 1.165) is 0 Å². The summed E-state index contributed by atoms with van der Waals surface area (Å²) in [5, 5.41) is 0. The molecule has 0 aliphatic carbocycles. The molecule has 2 aromatic carbocycles. The fourth-order valence-corrected chi connectivity index (χ4v) is 2.41. The smallest absolute Gasteiger partial charge is 0.198 e. The van der Waals surface area contributed by atoms with Gasteiger partial charge in [0.2, 0.25) is 0 Å². The predicted octanol–water partition coefficient (Wildman–Crippen LogP) is 3.96. The number of ether oxygens (including phenoxy) is 4. The number of para-hydroxylation sites is 1. The Morgan fingerprint density at radius 1 is 0.739 bits per heavy atom. The van der Waals surface area contributed by atoms with Crippen LogP contribution in [0.3, 0.4) is 0 Å². The van der Waals surface area contributed by atoms with Crippen molar-refractivity contribution in [2.24, 2.45) is 0 Å². The minimum absolute atomic E-state index is 0.204. The quantitative estimate of drug-likeness (QED) is 0.686. The normalized spacial score (nSPS) is 14.6. The fourth-order valence-electron chi connectivity index (χ4n) is 2.10. The van der Waals surface area contributed by atoms with Gasteiger partial charge in [0.25, 0.3) is 0 Å². The first-order chi connectivity index (χ1) is 11.2. The molecule has 2 aliphatic heterocycles. The van der Waals surface area contributed by atoms with E-state index in [2.05, 4.69) is 15.9 Å². The van der Waals surface area contributed by atoms with Crippen LogP contribution in [0.2, 0.25) is 0 Å². The molecule has 0 saturated heterocycles. The second-order valence-electron chi connectivity index (χ2n) is 4.65. The standard InChI is InChI=1S/C8H6BrFO2.C8H7FO2/c9-5-1-2-6-8(7(5)10)12-4-3-11-6;9-6-2-1-3-7-8(6)11-5-4-10-7/h1-2H,3-4H2;1-3H,4-5H2. The highest BCUT2D eigenvalue weighted by Crippen LogP contribution is 2.36. The lowest BCUT2D eigenvalue weighted by atomic mass is 10.3. The van der Waals surface area contributed by atoms with Crippen LogP contribution in [0.1, 0.15) is 0 Å². The van der Waals surface area contributed by atoms with Crippen molar-refractivity contribution < 1.29 is 27.7 Å². The fraction of sp³-hybridized carbons (Fsp3) is 0.250. The summed E-state index contributed by atoms with van der Waals surface area (Å²) in [6.07, 6.45) is 0. The number of rotatable bonds is 0. The molecule has 2 heterocycles. The Kier molecular flexibility index (Phi) is 4.85. The van der Waals surface area contributed by atoms with Gasteiger partial charge in [0, 0.05) is 0 Å². The Bertz CT molecular complexity index is 709. The molecule has 0 fully saturated rings. The van der Waals surface area contributed by atoms with Crippen molar-refractivity contribution in [1.82, 2.24) is 0 Å². The van der Waals surface area contributed by atoms with E-state index < -0.39 is 5.82 Å². The molecule has 2 aromatic rings. The van der Waals surface area contributed by atoms with Crippen molar-refractivity contribution in [3.63, 3.8) is 0 Å². The summed E-state index contributed by atoms with van der Waals surface area (Å²) in [4.78, 5) is 0. The Morgan fingerprint density at radius 3 is 2.04 bits per heavy atom. The summed E-state index contributed by atoms with van der Waals surface area (Å²) in [5.41, 5.74) is 0. The van der Waals surface area contributed by atoms with E-state index in [1.807, 2.05) is 0 Å². The van der Waals surface area contributed by atoms with Crippen LogP contribution in [0, 0.1) is 11.6 Å². The molecule has 0 N–H and O–H groups in total. The molecule has 0 amide bonds. The average Bonchev–Trinajstić information content (AvgIpc) is 2.60. The van der Waals surface area contributed by atoms with E-state index >= 15 is 0 Å². The van der Waals surface area contributed by atoms with Gasteiger partial charge in [0.05, 0.1) is 4.47 Å². The predicted molar refractivity (Wildman–Crippen MR) is 82.5 cm³/mol. The molecule has 7 heteroatoms.